The van der Waals surface area contributed by atoms with Crippen molar-refractivity contribution < 1.29 is 24.2 Å². The average molecular weight is 817 g/mol. The van der Waals surface area contributed by atoms with Crippen molar-refractivity contribution in [1.29, 1.82) is 0 Å². The number of aryl methyl sites for hydroxylation is 1. The molecule has 0 spiro atoms. The number of carbonyl (C=O) groups is 2. The smallest absolute Gasteiger partial charge is 0.303 e. The molecule has 1 N–H and O–H groups in total. The fourth-order valence-electron chi connectivity index (χ4n) is 6.15. The van der Waals surface area contributed by atoms with Crippen LogP contribution in [0.4, 0.5) is 0 Å². The Balaban J connectivity index is 0.000000207. The summed E-state index contributed by atoms with van der Waals surface area (Å²) in [6.45, 7) is 9.61. The van der Waals surface area contributed by atoms with E-state index in [0.29, 0.717) is 0 Å². The molecule has 6 rings (SSSR count). The van der Waals surface area contributed by atoms with Gasteiger partial charge in [-0.1, -0.05) is 69.1 Å². The number of ether oxygens (including phenoxy) is 2. The number of nitrogens with zero attached hydrogens (tertiary/aromatic N) is 2. The van der Waals surface area contributed by atoms with Crippen LogP contribution in [-0.4, -0.2) is 40.7 Å². The second-order valence-electron chi connectivity index (χ2n) is 12.2. The van der Waals surface area contributed by atoms with Crippen molar-refractivity contribution in [2.45, 2.75) is 53.1 Å². The van der Waals surface area contributed by atoms with Crippen LogP contribution in [0.3, 0.4) is 0 Å². The van der Waals surface area contributed by atoms with Crippen LogP contribution in [0.15, 0.2) is 112 Å². The Morgan fingerprint density at radius 3 is 1.80 bits per heavy atom. The first kappa shape index (κ1) is 39.2. The molecule has 2 aromatic heterocycles. The van der Waals surface area contributed by atoms with E-state index in [0.717, 1.165) is 62.0 Å². The molecule has 7 nitrogen and oxygen atoms in total. The van der Waals surface area contributed by atoms with Gasteiger partial charge in [0.05, 0.1) is 20.6 Å². The van der Waals surface area contributed by atoms with Crippen LogP contribution in [-0.2, 0) is 22.7 Å². The number of fused-ring (bicyclic) bond motifs is 2. The predicted octanol–water partition coefficient (Wildman–Crippen LogP) is 10.9. The first-order valence-electron chi connectivity index (χ1n) is 16.6. The zero-order chi connectivity index (χ0) is 37.1. The number of carbonyl (C=O) groups excluding carboxylic acids is 1. The molecule has 1 atom stereocenters. The standard InChI is InChI=1S/C21H22BrNO3.C17H16BrNO.C4H6O/c1-13(10-20(24)25)21-14(2)23(12-15-4-6-16(22)7-5-15)19-9-8-17(26-3)11-18(19)21;1-12-9-14-10-16(20-2)7-8-17(14)19(12)11-13-3-5-15(18)6-4-13;1-2-3-4-5/h4-9,11,13H,10,12H2,1-3H3,(H,24,25);3-10H,11H2,1-2H3;2-4H,1H3/b;;3-2+/t13-;;/m1../s1. The van der Waals surface area contributed by atoms with Crippen LogP contribution in [0, 0.1) is 13.8 Å². The minimum Gasteiger partial charge on any atom is -0.497 e. The molecule has 0 aliphatic carbocycles. The minimum atomic E-state index is -0.784. The van der Waals surface area contributed by atoms with Crippen molar-refractivity contribution in [2.24, 2.45) is 0 Å². The maximum Gasteiger partial charge on any atom is 0.303 e. The summed E-state index contributed by atoms with van der Waals surface area (Å²) < 4.78 is 17.4. The molecule has 0 saturated heterocycles. The third-order valence-electron chi connectivity index (χ3n) is 8.65. The van der Waals surface area contributed by atoms with Gasteiger partial charge < -0.3 is 23.7 Å². The number of benzene rings is 4. The summed E-state index contributed by atoms with van der Waals surface area (Å²) in [5.41, 5.74) is 8.27. The number of methoxy groups -OCH3 is 2. The van der Waals surface area contributed by atoms with Gasteiger partial charge in [0, 0.05) is 55.2 Å². The van der Waals surface area contributed by atoms with Crippen LogP contribution in [0.2, 0.25) is 0 Å². The van der Waals surface area contributed by atoms with Crippen LogP contribution in [0.5, 0.6) is 11.5 Å². The SMILES string of the molecule is C/C=C/C=O.COc1ccc2c(c1)c([C@H](C)CC(=O)O)c(C)n2Cc1ccc(Br)cc1.COc1ccc2c(c1)cc(C)n2Cc1ccc(Br)cc1. The largest absolute Gasteiger partial charge is 0.497 e. The summed E-state index contributed by atoms with van der Waals surface area (Å²) in [7, 11) is 3.35. The van der Waals surface area contributed by atoms with Crippen LogP contribution in [0.1, 0.15) is 54.3 Å². The second kappa shape index (κ2) is 18.6. The maximum atomic E-state index is 11.2. The summed E-state index contributed by atoms with van der Waals surface area (Å²) >= 11 is 6.94. The zero-order valence-electron chi connectivity index (χ0n) is 29.8. The molecule has 0 unspecified atom stereocenters. The fourth-order valence-corrected chi connectivity index (χ4v) is 6.68. The third kappa shape index (κ3) is 10.2. The Bertz CT molecular complexity index is 2110. The molecule has 0 radical (unpaired) electrons. The normalized spacial score (nSPS) is 11.5. The topological polar surface area (TPSA) is 82.7 Å². The second-order valence-corrected chi connectivity index (χ2v) is 14.0. The Labute approximate surface area is 316 Å². The van der Waals surface area contributed by atoms with E-state index in [-0.39, 0.29) is 12.3 Å². The number of carboxylic acid groups (broad SMARTS) is 1. The highest BCUT2D eigenvalue weighted by Crippen LogP contribution is 2.36. The number of hydrogen-bond donors (Lipinski definition) is 1. The van der Waals surface area contributed by atoms with Gasteiger partial charge in [0.2, 0.25) is 0 Å². The quantitative estimate of drug-likeness (QED) is 0.110. The number of hydrogen-bond acceptors (Lipinski definition) is 4. The molecular weight excluding hydrogens is 772 g/mol. The van der Waals surface area contributed by atoms with E-state index in [1.807, 2.05) is 37.3 Å². The van der Waals surface area contributed by atoms with Gasteiger partial charge in [0.1, 0.15) is 17.8 Å². The Morgan fingerprint density at radius 1 is 0.784 bits per heavy atom. The fraction of sp³-hybridized carbons (Fsp3) is 0.238. The molecule has 0 bridgehead atoms. The summed E-state index contributed by atoms with van der Waals surface area (Å²) in [5.74, 6) is 0.822. The van der Waals surface area contributed by atoms with Gasteiger partial charge >= 0.3 is 5.97 Å². The molecule has 0 aliphatic heterocycles. The van der Waals surface area contributed by atoms with E-state index in [9.17, 15) is 14.7 Å². The van der Waals surface area contributed by atoms with Crippen molar-refractivity contribution >= 4 is 65.9 Å². The average Bonchev–Trinajstić information content (AvgIpc) is 3.57. The van der Waals surface area contributed by atoms with E-state index < -0.39 is 5.97 Å². The Morgan fingerprint density at radius 2 is 1.31 bits per heavy atom. The van der Waals surface area contributed by atoms with Crippen molar-refractivity contribution in [1.82, 2.24) is 9.13 Å². The Hall–Kier alpha value is -4.60. The van der Waals surface area contributed by atoms with E-state index in [1.165, 1.54) is 33.8 Å². The van der Waals surface area contributed by atoms with E-state index >= 15 is 0 Å². The highest BCUT2D eigenvalue weighted by Gasteiger charge is 2.21. The predicted molar refractivity (Wildman–Crippen MR) is 214 cm³/mol. The highest BCUT2D eigenvalue weighted by atomic mass is 79.9. The van der Waals surface area contributed by atoms with E-state index in [2.05, 4.69) is 116 Å². The lowest BCUT2D eigenvalue weighted by molar-refractivity contribution is -0.137. The summed E-state index contributed by atoms with van der Waals surface area (Å²) in [4.78, 5) is 20.6. The molecule has 0 fully saturated rings. The number of aldehydes is 1. The molecule has 2 heterocycles. The number of aromatic nitrogens is 2. The molecule has 4 aromatic carbocycles. The molecule has 0 saturated carbocycles. The Kier molecular flexibility index (Phi) is 14.3. The highest BCUT2D eigenvalue weighted by molar-refractivity contribution is 9.10. The molecule has 6 aromatic rings. The van der Waals surface area contributed by atoms with Crippen molar-refractivity contribution in [2.75, 3.05) is 14.2 Å². The lowest BCUT2D eigenvalue weighted by Gasteiger charge is -2.12. The zero-order valence-corrected chi connectivity index (χ0v) is 33.0. The van der Waals surface area contributed by atoms with Gasteiger partial charge in [0.25, 0.3) is 0 Å². The molecule has 0 amide bonds. The lowest BCUT2D eigenvalue weighted by Crippen LogP contribution is -2.06. The molecule has 51 heavy (non-hydrogen) atoms. The number of aliphatic carboxylic acids is 1. The number of rotatable bonds is 10. The molecule has 9 heteroatoms. The van der Waals surface area contributed by atoms with E-state index in [4.69, 9.17) is 9.47 Å². The minimum absolute atomic E-state index is 0.0757. The summed E-state index contributed by atoms with van der Waals surface area (Å²) in [6, 6.07) is 31.2. The summed E-state index contributed by atoms with van der Waals surface area (Å²) in [5, 5.41) is 11.5. The lowest BCUT2D eigenvalue weighted by atomic mass is 9.95. The number of allylic oxidation sites excluding steroid dienone is 2. The van der Waals surface area contributed by atoms with Crippen LogP contribution in [0.25, 0.3) is 21.8 Å². The molecule has 266 valence electrons. The number of halogens is 2. The first-order chi connectivity index (χ1) is 24.5. The van der Waals surface area contributed by atoms with Gasteiger partial charge in [0.15, 0.2) is 0 Å². The molecular formula is C42H44Br2N2O5. The van der Waals surface area contributed by atoms with Gasteiger partial charge in [-0.2, -0.15) is 0 Å². The van der Waals surface area contributed by atoms with Crippen molar-refractivity contribution in [3.8, 4) is 11.5 Å². The van der Waals surface area contributed by atoms with Gasteiger partial charge in [-0.25, -0.2) is 0 Å². The number of carboxylic acids is 1. The van der Waals surface area contributed by atoms with Crippen molar-refractivity contribution in [3.05, 3.63) is 140 Å². The van der Waals surface area contributed by atoms with E-state index in [1.54, 1.807) is 27.2 Å². The molecule has 0 aliphatic rings. The third-order valence-corrected chi connectivity index (χ3v) is 9.70. The van der Waals surface area contributed by atoms with Crippen molar-refractivity contribution in [3.63, 3.8) is 0 Å². The van der Waals surface area contributed by atoms with Crippen LogP contribution >= 0.6 is 31.9 Å². The summed E-state index contributed by atoms with van der Waals surface area (Å²) in [6.07, 6.45) is 3.99. The first-order valence-corrected chi connectivity index (χ1v) is 18.2. The maximum absolute atomic E-state index is 11.2. The monoisotopic (exact) mass is 814 g/mol. The van der Waals surface area contributed by atoms with Gasteiger partial charge in [-0.15, -0.1) is 0 Å². The van der Waals surface area contributed by atoms with Crippen LogP contribution < -0.4 is 9.47 Å². The van der Waals surface area contributed by atoms with Gasteiger partial charge in [-0.3, -0.25) is 9.59 Å². The van der Waals surface area contributed by atoms with Gasteiger partial charge in [-0.05, 0) is 116 Å².